The third-order valence-corrected chi connectivity index (χ3v) is 2.76. The molecule has 0 radical (unpaired) electrons. The van der Waals surface area contributed by atoms with Gasteiger partial charge in [0.25, 0.3) is 0 Å². The zero-order chi connectivity index (χ0) is 9.61. The van der Waals surface area contributed by atoms with Crippen molar-refractivity contribution in [3.63, 3.8) is 0 Å². The maximum absolute atomic E-state index is 9.46. The van der Waals surface area contributed by atoms with Crippen LogP contribution in [-0.4, -0.2) is 34.8 Å². The van der Waals surface area contributed by atoms with Gasteiger partial charge in [-0.05, 0) is 6.54 Å². The van der Waals surface area contributed by atoms with Gasteiger partial charge in [0.2, 0.25) is 0 Å². The fraction of sp³-hybridized carbons (Fsp3) is 1.00. The molecule has 0 fully saturated rings. The summed E-state index contributed by atoms with van der Waals surface area (Å²) in [5, 5.41) is 12.6. The van der Waals surface area contributed by atoms with Crippen molar-refractivity contribution in [2.75, 3.05) is 18.8 Å². The third kappa shape index (κ3) is 8.37. The second-order valence-electron chi connectivity index (χ2n) is 3.88. The molecule has 0 amide bonds. The first-order valence-corrected chi connectivity index (χ1v) is 5.47. The quantitative estimate of drug-likeness (QED) is 0.690. The van der Waals surface area contributed by atoms with Gasteiger partial charge in [-0.1, -0.05) is 27.7 Å². The highest BCUT2D eigenvalue weighted by molar-refractivity contribution is 8.00. The number of hydrogen-bond donors (Lipinski definition) is 2. The lowest BCUT2D eigenvalue weighted by Crippen LogP contribution is -2.29. The van der Waals surface area contributed by atoms with Crippen molar-refractivity contribution in [3.8, 4) is 0 Å². The Labute approximate surface area is 80.1 Å². The summed E-state index contributed by atoms with van der Waals surface area (Å²) in [6.45, 7) is 10.2. The minimum Gasteiger partial charge on any atom is -0.391 e. The minimum atomic E-state index is -0.214. The van der Waals surface area contributed by atoms with Crippen molar-refractivity contribution < 1.29 is 5.11 Å². The average molecular weight is 191 g/mol. The van der Waals surface area contributed by atoms with Gasteiger partial charge < -0.3 is 10.4 Å². The number of aliphatic hydroxyl groups excluding tert-OH is 1. The van der Waals surface area contributed by atoms with Crippen LogP contribution in [0.15, 0.2) is 0 Å². The number of hydrogen-bond acceptors (Lipinski definition) is 3. The highest BCUT2D eigenvalue weighted by Gasteiger charge is 2.13. The minimum absolute atomic E-state index is 0.214. The molecule has 0 aromatic heterocycles. The summed E-state index contributed by atoms with van der Waals surface area (Å²) in [5.41, 5.74) is 0. The molecule has 0 heterocycles. The predicted octanol–water partition coefficient (Wildman–Crippen LogP) is 1.49. The molecule has 74 valence electrons. The first-order valence-electron chi connectivity index (χ1n) is 4.48. The molecule has 0 saturated heterocycles. The van der Waals surface area contributed by atoms with E-state index < -0.39 is 0 Å². The van der Waals surface area contributed by atoms with Gasteiger partial charge in [-0.2, -0.15) is 11.8 Å². The van der Waals surface area contributed by atoms with Crippen LogP contribution in [0, 0.1) is 0 Å². The molecule has 0 spiro atoms. The van der Waals surface area contributed by atoms with E-state index in [0.717, 1.165) is 12.3 Å². The average Bonchev–Trinajstić information content (AvgIpc) is 1.95. The molecule has 3 heteroatoms. The normalized spacial score (nSPS) is 14.8. The molecule has 0 bridgehead atoms. The van der Waals surface area contributed by atoms with Gasteiger partial charge in [0.05, 0.1) is 6.10 Å². The van der Waals surface area contributed by atoms with Crippen molar-refractivity contribution in [2.24, 2.45) is 0 Å². The van der Waals surface area contributed by atoms with Crippen molar-refractivity contribution >= 4 is 11.8 Å². The van der Waals surface area contributed by atoms with Gasteiger partial charge >= 0.3 is 0 Å². The largest absolute Gasteiger partial charge is 0.391 e. The molecule has 2 nitrogen and oxygen atoms in total. The molecular weight excluding hydrogens is 170 g/mol. The number of nitrogens with one attached hydrogen (secondary N) is 1. The number of aliphatic hydroxyl groups is 1. The van der Waals surface area contributed by atoms with Crippen molar-refractivity contribution in [2.45, 2.75) is 38.5 Å². The van der Waals surface area contributed by atoms with E-state index in [2.05, 4.69) is 26.1 Å². The Morgan fingerprint density at radius 1 is 1.42 bits per heavy atom. The van der Waals surface area contributed by atoms with Crippen molar-refractivity contribution in [3.05, 3.63) is 0 Å². The summed E-state index contributed by atoms with van der Waals surface area (Å²) in [7, 11) is 0. The molecule has 0 rings (SSSR count). The number of rotatable bonds is 5. The molecule has 2 N–H and O–H groups in total. The van der Waals surface area contributed by atoms with E-state index >= 15 is 0 Å². The van der Waals surface area contributed by atoms with Crippen LogP contribution in [0.3, 0.4) is 0 Å². The molecule has 0 aliphatic rings. The van der Waals surface area contributed by atoms with Gasteiger partial charge in [-0.3, -0.25) is 0 Å². The molecule has 0 saturated carbocycles. The lowest BCUT2D eigenvalue weighted by Gasteiger charge is -2.20. The Hall–Kier alpha value is 0.270. The number of likely N-dealkylation sites (N-methyl/N-ethyl adjacent to an activating group) is 1. The van der Waals surface area contributed by atoms with Crippen LogP contribution >= 0.6 is 11.8 Å². The summed E-state index contributed by atoms with van der Waals surface area (Å²) < 4.78 is 0.257. The standard InChI is InChI=1S/C9H21NOS/c1-5-10-6-8(11)7-12-9(2,3)4/h8,10-11H,5-7H2,1-4H3. The zero-order valence-corrected chi connectivity index (χ0v) is 9.37. The maximum atomic E-state index is 9.46. The van der Waals surface area contributed by atoms with Gasteiger partial charge in [0.1, 0.15) is 0 Å². The predicted molar refractivity (Wildman–Crippen MR) is 56.8 cm³/mol. The zero-order valence-electron chi connectivity index (χ0n) is 8.55. The number of thioether (sulfide) groups is 1. The molecular formula is C9H21NOS. The van der Waals surface area contributed by atoms with Gasteiger partial charge in [0.15, 0.2) is 0 Å². The molecule has 0 aliphatic heterocycles. The van der Waals surface area contributed by atoms with Crippen LogP contribution < -0.4 is 5.32 Å². The summed E-state index contributed by atoms with van der Waals surface area (Å²) in [5.74, 6) is 0.816. The van der Waals surface area contributed by atoms with E-state index in [-0.39, 0.29) is 10.9 Å². The Morgan fingerprint density at radius 2 is 2.00 bits per heavy atom. The first-order chi connectivity index (χ1) is 5.45. The molecule has 0 aliphatic carbocycles. The van der Waals surface area contributed by atoms with E-state index in [1.165, 1.54) is 0 Å². The van der Waals surface area contributed by atoms with E-state index in [0.29, 0.717) is 6.54 Å². The highest BCUT2D eigenvalue weighted by Crippen LogP contribution is 2.23. The van der Waals surface area contributed by atoms with Crippen LogP contribution in [0.1, 0.15) is 27.7 Å². The maximum Gasteiger partial charge on any atom is 0.0755 e. The van der Waals surface area contributed by atoms with Crippen LogP contribution in [-0.2, 0) is 0 Å². The second-order valence-corrected chi connectivity index (χ2v) is 5.73. The molecule has 0 aromatic rings. The van der Waals surface area contributed by atoms with Crippen LogP contribution in [0.5, 0.6) is 0 Å². The van der Waals surface area contributed by atoms with Crippen LogP contribution in [0.25, 0.3) is 0 Å². The van der Waals surface area contributed by atoms with E-state index in [4.69, 9.17) is 0 Å². The van der Waals surface area contributed by atoms with Crippen molar-refractivity contribution in [1.29, 1.82) is 0 Å². The molecule has 1 unspecified atom stereocenters. The van der Waals surface area contributed by atoms with E-state index in [9.17, 15) is 5.11 Å². The SMILES string of the molecule is CCNCC(O)CSC(C)(C)C. The molecule has 1 atom stereocenters. The van der Waals surface area contributed by atoms with Gasteiger partial charge in [0, 0.05) is 17.0 Å². The summed E-state index contributed by atoms with van der Waals surface area (Å²) in [6, 6.07) is 0. The second kappa shape index (κ2) is 5.84. The lowest BCUT2D eigenvalue weighted by molar-refractivity contribution is 0.196. The van der Waals surface area contributed by atoms with E-state index in [1.807, 2.05) is 6.92 Å². The highest BCUT2D eigenvalue weighted by atomic mass is 32.2. The van der Waals surface area contributed by atoms with Crippen LogP contribution in [0.2, 0.25) is 0 Å². The Kier molecular flexibility index (Phi) is 5.97. The molecule has 12 heavy (non-hydrogen) atoms. The fourth-order valence-corrected chi connectivity index (χ4v) is 1.53. The first kappa shape index (κ1) is 12.3. The lowest BCUT2D eigenvalue weighted by atomic mass is 10.3. The van der Waals surface area contributed by atoms with Gasteiger partial charge in [-0.25, -0.2) is 0 Å². The molecule has 0 aromatic carbocycles. The monoisotopic (exact) mass is 191 g/mol. The summed E-state index contributed by atoms with van der Waals surface area (Å²) in [6.07, 6.45) is -0.214. The fourth-order valence-electron chi connectivity index (χ4n) is 0.716. The van der Waals surface area contributed by atoms with Crippen LogP contribution in [0.4, 0.5) is 0 Å². The van der Waals surface area contributed by atoms with Crippen molar-refractivity contribution in [1.82, 2.24) is 5.32 Å². The van der Waals surface area contributed by atoms with E-state index in [1.54, 1.807) is 11.8 Å². The summed E-state index contributed by atoms with van der Waals surface area (Å²) in [4.78, 5) is 0. The Bertz CT molecular complexity index is 112. The Balaban J connectivity index is 3.37. The Morgan fingerprint density at radius 3 is 2.42 bits per heavy atom. The topological polar surface area (TPSA) is 32.3 Å². The smallest absolute Gasteiger partial charge is 0.0755 e. The third-order valence-electron chi connectivity index (χ3n) is 1.34. The summed E-state index contributed by atoms with van der Waals surface area (Å²) >= 11 is 1.80. The van der Waals surface area contributed by atoms with Gasteiger partial charge in [-0.15, -0.1) is 0 Å².